The number of rotatable bonds is 1. The maximum atomic E-state index is 5.62. The summed E-state index contributed by atoms with van der Waals surface area (Å²) in [6, 6.07) is 10.2. The SMILES string of the molecule is CC1(c2ccccc2)NCCO1.Cl. The first kappa shape index (κ1) is 10.5. The van der Waals surface area contributed by atoms with Gasteiger partial charge < -0.3 is 4.74 Å². The number of ether oxygens (including phenoxy) is 1. The van der Waals surface area contributed by atoms with Crippen LogP contribution in [0.4, 0.5) is 0 Å². The summed E-state index contributed by atoms with van der Waals surface area (Å²) in [4.78, 5) is 0. The van der Waals surface area contributed by atoms with Gasteiger partial charge in [-0.1, -0.05) is 30.3 Å². The van der Waals surface area contributed by atoms with Crippen LogP contribution in [-0.4, -0.2) is 13.2 Å². The minimum absolute atomic E-state index is 0. The molecule has 1 aromatic carbocycles. The highest BCUT2D eigenvalue weighted by Gasteiger charge is 2.30. The Morgan fingerprint density at radius 1 is 1.31 bits per heavy atom. The van der Waals surface area contributed by atoms with Gasteiger partial charge in [0.25, 0.3) is 0 Å². The highest BCUT2D eigenvalue weighted by Crippen LogP contribution is 2.24. The molecule has 2 nitrogen and oxygen atoms in total. The van der Waals surface area contributed by atoms with Crippen molar-refractivity contribution in [2.75, 3.05) is 13.2 Å². The molecule has 72 valence electrons. The first-order valence-electron chi connectivity index (χ1n) is 4.26. The molecule has 1 atom stereocenters. The molecule has 0 bridgehead atoms. The fourth-order valence-corrected chi connectivity index (χ4v) is 1.54. The molecule has 3 heteroatoms. The molecule has 1 N–H and O–H groups in total. The average molecular weight is 200 g/mol. The van der Waals surface area contributed by atoms with E-state index in [4.69, 9.17) is 4.74 Å². The van der Waals surface area contributed by atoms with Crippen molar-refractivity contribution < 1.29 is 4.74 Å². The van der Waals surface area contributed by atoms with Crippen LogP contribution in [0.2, 0.25) is 0 Å². The van der Waals surface area contributed by atoms with Crippen LogP contribution in [0.3, 0.4) is 0 Å². The molecule has 1 aromatic rings. The molecule has 0 aliphatic carbocycles. The molecule has 0 radical (unpaired) electrons. The van der Waals surface area contributed by atoms with Gasteiger partial charge in [-0.15, -0.1) is 12.4 Å². The van der Waals surface area contributed by atoms with Crippen molar-refractivity contribution in [1.29, 1.82) is 0 Å². The van der Waals surface area contributed by atoms with Crippen LogP contribution in [0.25, 0.3) is 0 Å². The molecular weight excluding hydrogens is 186 g/mol. The van der Waals surface area contributed by atoms with Crippen LogP contribution >= 0.6 is 12.4 Å². The Hall–Kier alpha value is -0.570. The molecule has 1 saturated heterocycles. The number of nitrogens with one attached hydrogen (secondary N) is 1. The Morgan fingerprint density at radius 2 is 2.00 bits per heavy atom. The topological polar surface area (TPSA) is 21.3 Å². The lowest BCUT2D eigenvalue weighted by molar-refractivity contribution is 0.00247. The summed E-state index contributed by atoms with van der Waals surface area (Å²) in [6.45, 7) is 3.80. The highest BCUT2D eigenvalue weighted by atomic mass is 35.5. The van der Waals surface area contributed by atoms with Crippen LogP contribution in [-0.2, 0) is 10.5 Å². The molecule has 13 heavy (non-hydrogen) atoms. The Labute approximate surface area is 84.7 Å². The quantitative estimate of drug-likeness (QED) is 0.746. The molecule has 1 unspecified atom stereocenters. The summed E-state index contributed by atoms with van der Waals surface area (Å²) in [7, 11) is 0. The third-order valence-electron chi connectivity index (χ3n) is 2.28. The van der Waals surface area contributed by atoms with Crippen LogP contribution in [0, 0.1) is 0 Å². The van der Waals surface area contributed by atoms with E-state index in [1.165, 1.54) is 5.56 Å². The lowest BCUT2D eigenvalue weighted by Gasteiger charge is -2.23. The van der Waals surface area contributed by atoms with Gasteiger partial charge in [0.05, 0.1) is 6.61 Å². The molecular formula is C10H14ClNO. The molecule has 0 aromatic heterocycles. The molecule has 1 aliphatic heterocycles. The second kappa shape index (κ2) is 4.09. The van der Waals surface area contributed by atoms with Gasteiger partial charge in [-0.05, 0) is 12.5 Å². The Balaban J connectivity index is 0.000000845. The number of halogens is 1. The van der Waals surface area contributed by atoms with Crippen molar-refractivity contribution in [3.63, 3.8) is 0 Å². The number of benzene rings is 1. The summed E-state index contributed by atoms with van der Waals surface area (Å²) < 4.78 is 5.62. The normalized spacial score (nSPS) is 26.8. The smallest absolute Gasteiger partial charge is 0.142 e. The third-order valence-corrected chi connectivity index (χ3v) is 2.28. The zero-order valence-corrected chi connectivity index (χ0v) is 8.43. The van der Waals surface area contributed by atoms with E-state index in [2.05, 4.69) is 24.4 Å². The van der Waals surface area contributed by atoms with Gasteiger partial charge in [0.1, 0.15) is 5.72 Å². The molecule has 0 spiro atoms. The average Bonchev–Trinajstić information content (AvgIpc) is 2.55. The maximum absolute atomic E-state index is 5.62. The van der Waals surface area contributed by atoms with E-state index in [1.54, 1.807) is 0 Å². The van der Waals surface area contributed by atoms with Crippen molar-refractivity contribution in [2.24, 2.45) is 0 Å². The summed E-state index contributed by atoms with van der Waals surface area (Å²) >= 11 is 0. The van der Waals surface area contributed by atoms with E-state index < -0.39 is 0 Å². The van der Waals surface area contributed by atoms with Crippen LogP contribution in [0.15, 0.2) is 30.3 Å². The minimum Gasteiger partial charge on any atom is -0.355 e. The molecule has 1 heterocycles. The number of hydrogen-bond acceptors (Lipinski definition) is 2. The second-order valence-corrected chi connectivity index (χ2v) is 3.17. The van der Waals surface area contributed by atoms with E-state index >= 15 is 0 Å². The Morgan fingerprint density at radius 3 is 2.54 bits per heavy atom. The standard InChI is InChI=1S/C10H13NO.ClH/c1-10(11-7-8-12-10)9-5-3-2-4-6-9;/h2-6,11H,7-8H2,1H3;1H. The second-order valence-electron chi connectivity index (χ2n) is 3.17. The van der Waals surface area contributed by atoms with Gasteiger partial charge in [-0.2, -0.15) is 0 Å². The molecule has 0 saturated carbocycles. The largest absolute Gasteiger partial charge is 0.355 e. The van der Waals surface area contributed by atoms with E-state index in [9.17, 15) is 0 Å². The number of hydrogen-bond donors (Lipinski definition) is 1. The molecule has 2 rings (SSSR count). The van der Waals surface area contributed by atoms with Crippen molar-refractivity contribution in [3.8, 4) is 0 Å². The Bertz CT molecular complexity index is 257. The first-order valence-corrected chi connectivity index (χ1v) is 4.26. The predicted octanol–water partition coefficient (Wildman–Crippen LogP) is 1.90. The third kappa shape index (κ3) is 2.02. The van der Waals surface area contributed by atoms with Crippen molar-refractivity contribution in [2.45, 2.75) is 12.6 Å². The predicted molar refractivity (Wildman–Crippen MR) is 55.0 cm³/mol. The lowest BCUT2D eigenvalue weighted by Crippen LogP contribution is -2.34. The summed E-state index contributed by atoms with van der Waals surface area (Å²) in [5.74, 6) is 0. The first-order chi connectivity index (χ1) is 5.81. The summed E-state index contributed by atoms with van der Waals surface area (Å²) in [6.07, 6.45) is 0. The molecule has 1 aliphatic rings. The fraction of sp³-hybridized carbons (Fsp3) is 0.400. The lowest BCUT2D eigenvalue weighted by atomic mass is 10.1. The zero-order chi connectivity index (χ0) is 8.44. The van der Waals surface area contributed by atoms with Gasteiger partial charge >= 0.3 is 0 Å². The van der Waals surface area contributed by atoms with Gasteiger partial charge in [-0.3, -0.25) is 5.32 Å². The van der Waals surface area contributed by atoms with E-state index in [-0.39, 0.29) is 18.1 Å². The molecule has 1 fully saturated rings. The van der Waals surface area contributed by atoms with Crippen LogP contribution in [0.1, 0.15) is 12.5 Å². The van der Waals surface area contributed by atoms with Crippen molar-refractivity contribution in [1.82, 2.24) is 5.32 Å². The van der Waals surface area contributed by atoms with Gasteiger partial charge in [0.2, 0.25) is 0 Å². The summed E-state index contributed by atoms with van der Waals surface area (Å²) in [5.41, 5.74) is 0.934. The van der Waals surface area contributed by atoms with Crippen molar-refractivity contribution in [3.05, 3.63) is 35.9 Å². The van der Waals surface area contributed by atoms with Crippen LogP contribution < -0.4 is 5.32 Å². The molecule has 0 amide bonds. The van der Waals surface area contributed by atoms with E-state index in [0.29, 0.717) is 0 Å². The van der Waals surface area contributed by atoms with Gasteiger partial charge in [-0.25, -0.2) is 0 Å². The monoisotopic (exact) mass is 199 g/mol. The van der Waals surface area contributed by atoms with E-state index in [1.807, 2.05) is 18.2 Å². The maximum Gasteiger partial charge on any atom is 0.142 e. The zero-order valence-electron chi connectivity index (χ0n) is 7.62. The minimum atomic E-state index is -0.263. The fourth-order valence-electron chi connectivity index (χ4n) is 1.54. The van der Waals surface area contributed by atoms with E-state index in [0.717, 1.165) is 13.2 Å². The van der Waals surface area contributed by atoms with Crippen molar-refractivity contribution >= 4 is 12.4 Å². The van der Waals surface area contributed by atoms with Gasteiger partial charge in [0, 0.05) is 6.54 Å². The van der Waals surface area contributed by atoms with Crippen LogP contribution in [0.5, 0.6) is 0 Å². The highest BCUT2D eigenvalue weighted by molar-refractivity contribution is 5.85. The Kier molecular flexibility index (Phi) is 3.31. The summed E-state index contributed by atoms with van der Waals surface area (Å²) in [5, 5.41) is 3.33. The van der Waals surface area contributed by atoms with Gasteiger partial charge in [0.15, 0.2) is 0 Å².